The second-order valence-corrected chi connectivity index (χ2v) is 3.32. The highest BCUT2D eigenvalue weighted by Gasteiger charge is 2.09. The number of aromatic nitrogens is 4. The standard InChI is InChI=1S/C9H11N5O2/c1-6-12-13-8(16-6)3-10-9(15)7-4-14(2)5-11-7/h4-5H,3H2,1-2H3,(H,10,15). The van der Waals surface area contributed by atoms with E-state index in [-0.39, 0.29) is 12.5 Å². The Hall–Kier alpha value is -2.18. The number of imidazole rings is 1. The SMILES string of the molecule is Cc1nnc(CNC(=O)c2cn(C)cn2)o1. The lowest BCUT2D eigenvalue weighted by molar-refractivity contribution is 0.0942. The third-order valence-electron chi connectivity index (χ3n) is 1.91. The van der Waals surface area contributed by atoms with Gasteiger partial charge in [0.1, 0.15) is 5.69 Å². The second-order valence-electron chi connectivity index (χ2n) is 3.32. The van der Waals surface area contributed by atoms with Crippen molar-refractivity contribution in [2.24, 2.45) is 7.05 Å². The minimum Gasteiger partial charge on any atom is -0.424 e. The van der Waals surface area contributed by atoms with E-state index in [0.717, 1.165) is 0 Å². The molecule has 0 radical (unpaired) electrons. The van der Waals surface area contributed by atoms with Crippen LogP contribution in [0.3, 0.4) is 0 Å². The smallest absolute Gasteiger partial charge is 0.271 e. The first-order chi connectivity index (χ1) is 7.65. The zero-order valence-corrected chi connectivity index (χ0v) is 8.97. The molecule has 0 bridgehead atoms. The maximum atomic E-state index is 11.6. The lowest BCUT2D eigenvalue weighted by atomic mass is 10.4. The van der Waals surface area contributed by atoms with Crippen LogP contribution in [0.2, 0.25) is 0 Å². The van der Waals surface area contributed by atoms with E-state index in [1.165, 1.54) is 0 Å². The highest BCUT2D eigenvalue weighted by Crippen LogP contribution is 1.98. The summed E-state index contributed by atoms with van der Waals surface area (Å²) in [7, 11) is 1.80. The average Bonchev–Trinajstić information content (AvgIpc) is 2.84. The van der Waals surface area contributed by atoms with Crippen molar-refractivity contribution in [1.29, 1.82) is 0 Å². The molecule has 16 heavy (non-hydrogen) atoms. The van der Waals surface area contributed by atoms with Crippen molar-refractivity contribution >= 4 is 5.91 Å². The van der Waals surface area contributed by atoms with Crippen molar-refractivity contribution in [2.75, 3.05) is 0 Å². The Morgan fingerprint density at radius 3 is 2.94 bits per heavy atom. The summed E-state index contributed by atoms with van der Waals surface area (Å²) in [5, 5.41) is 10.0. The van der Waals surface area contributed by atoms with E-state index in [4.69, 9.17) is 4.42 Å². The molecule has 1 N–H and O–H groups in total. The Morgan fingerprint density at radius 2 is 2.38 bits per heavy atom. The third kappa shape index (κ3) is 2.25. The van der Waals surface area contributed by atoms with Crippen LogP contribution in [0.4, 0.5) is 0 Å². The van der Waals surface area contributed by atoms with Crippen molar-refractivity contribution in [3.63, 3.8) is 0 Å². The molecule has 0 fully saturated rings. The summed E-state index contributed by atoms with van der Waals surface area (Å²) in [4.78, 5) is 15.5. The van der Waals surface area contributed by atoms with Gasteiger partial charge >= 0.3 is 0 Å². The van der Waals surface area contributed by atoms with E-state index >= 15 is 0 Å². The fourth-order valence-corrected chi connectivity index (χ4v) is 1.19. The molecule has 0 spiro atoms. The molecule has 2 heterocycles. The van der Waals surface area contributed by atoms with Gasteiger partial charge in [-0.05, 0) is 0 Å². The predicted octanol–water partition coefficient (Wildman–Crippen LogP) is 0.0415. The zero-order valence-electron chi connectivity index (χ0n) is 8.97. The summed E-state index contributed by atoms with van der Waals surface area (Å²) in [6.07, 6.45) is 3.19. The summed E-state index contributed by atoms with van der Waals surface area (Å²) < 4.78 is 6.81. The Morgan fingerprint density at radius 1 is 1.56 bits per heavy atom. The summed E-state index contributed by atoms with van der Waals surface area (Å²) in [6.45, 7) is 1.90. The molecule has 0 aliphatic carbocycles. The van der Waals surface area contributed by atoms with Crippen molar-refractivity contribution in [2.45, 2.75) is 13.5 Å². The first-order valence-electron chi connectivity index (χ1n) is 4.70. The molecule has 7 nitrogen and oxygen atoms in total. The molecule has 0 aliphatic heterocycles. The third-order valence-corrected chi connectivity index (χ3v) is 1.91. The van der Waals surface area contributed by atoms with Gasteiger partial charge in [-0.3, -0.25) is 4.79 Å². The van der Waals surface area contributed by atoms with E-state index in [0.29, 0.717) is 17.5 Å². The number of aryl methyl sites for hydroxylation is 2. The number of hydrogen-bond donors (Lipinski definition) is 1. The molecule has 0 atom stereocenters. The molecule has 84 valence electrons. The molecule has 2 aromatic rings. The highest BCUT2D eigenvalue weighted by atomic mass is 16.4. The largest absolute Gasteiger partial charge is 0.424 e. The molecule has 0 saturated heterocycles. The van der Waals surface area contributed by atoms with Crippen LogP contribution in [0.25, 0.3) is 0 Å². The fourth-order valence-electron chi connectivity index (χ4n) is 1.19. The van der Waals surface area contributed by atoms with Crippen LogP contribution in [0.5, 0.6) is 0 Å². The number of hydrogen-bond acceptors (Lipinski definition) is 5. The summed E-state index contributed by atoms with van der Waals surface area (Å²) in [6, 6.07) is 0. The minimum absolute atomic E-state index is 0.205. The molecule has 0 aromatic carbocycles. The van der Waals surface area contributed by atoms with Gasteiger partial charge < -0.3 is 14.3 Å². The van der Waals surface area contributed by atoms with Gasteiger partial charge in [0.05, 0.1) is 12.9 Å². The predicted molar refractivity (Wildman–Crippen MR) is 53.4 cm³/mol. The number of carbonyl (C=O) groups excluding carboxylic acids is 1. The number of nitrogens with zero attached hydrogens (tertiary/aromatic N) is 4. The first kappa shape index (κ1) is 10.3. The molecular weight excluding hydrogens is 210 g/mol. The van der Waals surface area contributed by atoms with Gasteiger partial charge in [-0.25, -0.2) is 4.98 Å². The van der Waals surface area contributed by atoms with Gasteiger partial charge in [-0.2, -0.15) is 0 Å². The number of nitrogens with one attached hydrogen (secondary N) is 1. The van der Waals surface area contributed by atoms with Crippen LogP contribution < -0.4 is 5.32 Å². The molecule has 2 aromatic heterocycles. The van der Waals surface area contributed by atoms with Crippen molar-refractivity contribution in [1.82, 2.24) is 25.1 Å². The van der Waals surface area contributed by atoms with Crippen LogP contribution >= 0.6 is 0 Å². The molecule has 0 saturated carbocycles. The monoisotopic (exact) mass is 221 g/mol. The van der Waals surface area contributed by atoms with Crippen molar-refractivity contribution in [3.8, 4) is 0 Å². The van der Waals surface area contributed by atoms with Gasteiger partial charge in [0.15, 0.2) is 0 Å². The van der Waals surface area contributed by atoms with Gasteiger partial charge in [-0.15, -0.1) is 10.2 Å². The second kappa shape index (κ2) is 4.13. The van der Waals surface area contributed by atoms with E-state index in [1.54, 1.807) is 31.1 Å². The highest BCUT2D eigenvalue weighted by molar-refractivity contribution is 5.91. The number of rotatable bonds is 3. The number of amides is 1. The molecule has 7 heteroatoms. The maximum absolute atomic E-state index is 11.6. The zero-order chi connectivity index (χ0) is 11.5. The van der Waals surface area contributed by atoms with E-state index < -0.39 is 0 Å². The van der Waals surface area contributed by atoms with Crippen LogP contribution in [0.15, 0.2) is 16.9 Å². The lowest BCUT2D eigenvalue weighted by Gasteiger charge is -1.98. The molecule has 1 amide bonds. The first-order valence-corrected chi connectivity index (χ1v) is 4.70. The normalized spacial score (nSPS) is 10.4. The Kier molecular flexibility index (Phi) is 2.67. The average molecular weight is 221 g/mol. The topological polar surface area (TPSA) is 85.8 Å². The van der Waals surface area contributed by atoms with E-state index in [2.05, 4.69) is 20.5 Å². The molecule has 0 aliphatic rings. The van der Waals surface area contributed by atoms with Crippen LogP contribution in [-0.4, -0.2) is 25.7 Å². The summed E-state index contributed by atoms with van der Waals surface area (Å²) in [5.74, 6) is 0.584. The van der Waals surface area contributed by atoms with E-state index in [9.17, 15) is 4.79 Å². The Labute approximate surface area is 91.5 Å². The quantitative estimate of drug-likeness (QED) is 0.790. The van der Waals surface area contributed by atoms with Crippen LogP contribution in [0, 0.1) is 6.92 Å². The lowest BCUT2D eigenvalue weighted by Crippen LogP contribution is -2.23. The Bertz CT molecular complexity index is 501. The van der Waals surface area contributed by atoms with Gasteiger partial charge in [0.25, 0.3) is 5.91 Å². The molecule has 0 unspecified atom stereocenters. The van der Waals surface area contributed by atoms with Crippen molar-refractivity contribution in [3.05, 3.63) is 30.0 Å². The number of carbonyl (C=O) groups is 1. The van der Waals surface area contributed by atoms with Crippen molar-refractivity contribution < 1.29 is 9.21 Å². The van der Waals surface area contributed by atoms with Gasteiger partial charge in [0.2, 0.25) is 11.8 Å². The van der Waals surface area contributed by atoms with Crippen LogP contribution in [0.1, 0.15) is 22.3 Å². The molecule has 2 rings (SSSR count). The summed E-state index contributed by atoms with van der Waals surface area (Å²) >= 11 is 0. The Balaban J connectivity index is 1.93. The molecular formula is C9H11N5O2. The van der Waals surface area contributed by atoms with Gasteiger partial charge in [0, 0.05) is 20.2 Å². The fraction of sp³-hybridized carbons (Fsp3) is 0.333. The van der Waals surface area contributed by atoms with Gasteiger partial charge in [-0.1, -0.05) is 0 Å². The maximum Gasteiger partial charge on any atom is 0.271 e. The minimum atomic E-state index is -0.267. The van der Waals surface area contributed by atoms with Crippen LogP contribution in [-0.2, 0) is 13.6 Å². The van der Waals surface area contributed by atoms with E-state index in [1.807, 2.05) is 0 Å². The summed E-state index contributed by atoms with van der Waals surface area (Å²) in [5.41, 5.74) is 0.360.